The second-order valence-electron chi connectivity index (χ2n) is 8.69. The van der Waals surface area contributed by atoms with Crippen LogP contribution in [0.25, 0.3) is 11.3 Å². The van der Waals surface area contributed by atoms with Crippen molar-refractivity contribution in [1.29, 1.82) is 0 Å². The number of halogens is 3. The van der Waals surface area contributed by atoms with Crippen LogP contribution in [0.3, 0.4) is 0 Å². The fourth-order valence-corrected chi connectivity index (χ4v) is 3.84. The zero-order chi connectivity index (χ0) is 22.1. The topological polar surface area (TPSA) is 14.2 Å². The van der Waals surface area contributed by atoms with Crippen molar-refractivity contribution in [2.75, 3.05) is 0 Å². The minimum absolute atomic E-state index is 0.0436. The van der Waals surface area contributed by atoms with Crippen molar-refractivity contribution >= 4 is 0 Å². The van der Waals surface area contributed by atoms with Gasteiger partial charge >= 0.3 is 6.18 Å². The SMILES string of the molecule is CCc1c(OC2=CC=C(C(F)(F)F)CC2)cc(-c2cccc(C(C)(C)C)c2)n1CC. The Labute approximate surface area is 177 Å². The molecule has 2 aromatic rings. The van der Waals surface area contributed by atoms with E-state index in [4.69, 9.17) is 4.74 Å². The Bertz CT molecular complexity index is 971. The highest BCUT2D eigenvalue weighted by atomic mass is 19.4. The summed E-state index contributed by atoms with van der Waals surface area (Å²) in [6, 6.07) is 10.5. The maximum absolute atomic E-state index is 12.9. The molecule has 0 saturated heterocycles. The lowest BCUT2D eigenvalue weighted by Gasteiger charge is -2.20. The maximum atomic E-state index is 12.9. The third-order valence-electron chi connectivity index (χ3n) is 5.56. The molecule has 0 fully saturated rings. The van der Waals surface area contributed by atoms with Gasteiger partial charge in [-0.25, -0.2) is 0 Å². The van der Waals surface area contributed by atoms with Gasteiger partial charge in [-0.1, -0.05) is 52.0 Å². The van der Waals surface area contributed by atoms with Crippen molar-refractivity contribution in [3.05, 3.63) is 65.1 Å². The molecule has 1 aromatic carbocycles. The lowest BCUT2D eigenvalue weighted by atomic mass is 9.86. The second kappa shape index (κ2) is 8.37. The third-order valence-corrected chi connectivity index (χ3v) is 5.56. The van der Waals surface area contributed by atoms with Crippen molar-refractivity contribution < 1.29 is 17.9 Å². The number of nitrogens with zero attached hydrogens (tertiary/aromatic N) is 1. The molecule has 5 heteroatoms. The van der Waals surface area contributed by atoms with Crippen LogP contribution in [0.15, 0.2) is 53.8 Å². The summed E-state index contributed by atoms with van der Waals surface area (Å²) in [6.45, 7) is 11.5. The fourth-order valence-electron chi connectivity index (χ4n) is 3.84. The van der Waals surface area contributed by atoms with Gasteiger partial charge in [0, 0.05) is 24.6 Å². The van der Waals surface area contributed by atoms with Gasteiger partial charge in [-0.2, -0.15) is 13.2 Å². The summed E-state index contributed by atoms with van der Waals surface area (Å²) >= 11 is 0. The molecule has 30 heavy (non-hydrogen) atoms. The molecule has 0 aliphatic heterocycles. The lowest BCUT2D eigenvalue weighted by Crippen LogP contribution is -2.14. The van der Waals surface area contributed by atoms with Gasteiger partial charge in [0.05, 0.1) is 11.4 Å². The summed E-state index contributed by atoms with van der Waals surface area (Å²) < 4.78 is 47.0. The van der Waals surface area contributed by atoms with E-state index in [0.29, 0.717) is 5.76 Å². The molecule has 3 rings (SSSR count). The summed E-state index contributed by atoms with van der Waals surface area (Å²) in [5, 5.41) is 0. The normalized spacial score (nSPS) is 15.1. The van der Waals surface area contributed by atoms with E-state index >= 15 is 0 Å². The average Bonchev–Trinajstić information content (AvgIpc) is 3.04. The van der Waals surface area contributed by atoms with Crippen molar-refractivity contribution in [2.45, 2.75) is 72.0 Å². The van der Waals surface area contributed by atoms with E-state index in [0.717, 1.165) is 41.7 Å². The van der Waals surface area contributed by atoms with Crippen LogP contribution in [-0.4, -0.2) is 10.7 Å². The van der Waals surface area contributed by atoms with Crippen molar-refractivity contribution in [3.8, 4) is 17.0 Å². The molecular weight excluding hydrogens is 387 g/mol. The van der Waals surface area contributed by atoms with Crippen molar-refractivity contribution in [1.82, 2.24) is 4.57 Å². The lowest BCUT2D eigenvalue weighted by molar-refractivity contribution is -0.0942. The molecule has 0 unspecified atom stereocenters. The van der Waals surface area contributed by atoms with Crippen LogP contribution >= 0.6 is 0 Å². The predicted octanol–water partition coefficient (Wildman–Crippen LogP) is 7.58. The Balaban J connectivity index is 1.98. The molecule has 0 atom stereocenters. The first-order valence-electron chi connectivity index (χ1n) is 10.5. The summed E-state index contributed by atoms with van der Waals surface area (Å²) in [6.07, 6.45) is -0.706. The minimum Gasteiger partial charge on any atom is -0.460 e. The molecule has 1 aliphatic rings. The zero-order valence-corrected chi connectivity index (χ0v) is 18.4. The van der Waals surface area contributed by atoms with E-state index in [2.05, 4.69) is 63.5 Å². The average molecular weight is 418 g/mol. The molecular formula is C25H30F3NO. The van der Waals surface area contributed by atoms with Crippen LogP contribution in [0.4, 0.5) is 13.2 Å². The maximum Gasteiger partial charge on any atom is 0.412 e. The van der Waals surface area contributed by atoms with Gasteiger partial charge in [0.2, 0.25) is 0 Å². The molecule has 0 saturated carbocycles. The van der Waals surface area contributed by atoms with Gasteiger partial charge in [-0.05, 0) is 48.4 Å². The van der Waals surface area contributed by atoms with E-state index < -0.39 is 11.7 Å². The Hall–Kier alpha value is -2.43. The molecule has 1 aliphatic carbocycles. The predicted molar refractivity (Wildman–Crippen MR) is 116 cm³/mol. The van der Waals surface area contributed by atoms with Crippen molar-refractivity contribution in [2.24, 2.45) is 0 Å². The van der Waals surface area contributed by atoms with E-state index in [1.807, 2.05) is 6.07 Å². The summed E-state index contributed by atoms with van der Waals surface area (Å²) in [7, 11) is 0. The van der Waals surface area contributed by atoms with E-state index in [1.165, 1.54) is 11.6 Å². The number of alkyl halides is 3. The number of benzene rings is 1. The van der Waals surface area contributed by atoms with Gasteiger partial charge in [0.1, 0.15) is 11.5 Å². The molecule has 162 valence electrons. The number of hydrogen-bond acceptors (Lipinski definition) is 1. The van der Waals surface area contributed by atoms with Crippen LogP contribution in [-0.2, 0) is 18.4 Å². The van der Waals surface area contributed by atoms with Gasteiger partial charge < -0.3 is 9.30 Å². The van der Waals surface area contributed by atoms with E-state index in [-0.39, 0.29) is 18.3 Å². The highest BCUT2D eigenvalue weighted by Crippen LogP contribution is 2.37. The molecule has 2 nitrogen and oxygen atoms in total. The quantitative estimate of drug-likeness (QED) is 0.489. The zero-order valence-electron chi connectivity index (χ0n) is 18.4. The summed E-state index contributed by atoms with van der Waals surface area (Å²) in [5.41, 5.74) is 4.03. The number of hydrogen-bond donors (Lipinski definition) is 0. The van der Waals surface area contributed by atoms with E-state index in [1.54, 1.807) is 0 Å². The minimum atomic E-state index is -4.27. The van der Waals surface area contributed by atoms with Gasteiger partial charge in [-0.15, -0.1) is 0 Å². The molecule has 0 N–H and O–H groups in total. The number of rotatable bonds is 5. The van der Waals surface area contributed by atoms with Gasteiger partial charge in [-0.3, -0.25) is 0 Å². The van der Waals surface area contributed by atoms with Gasteiger partial charge in [0.25, 0.3) is 0 Å². The molecule has 0 bridgehead atoms. The van der Waals surface area contributed by atoms with Crippen LogP contribution in [0.1, 0.15) is 58.7 Å². The Morgan fingerprint density at radius 3 is 2.27 bits per heavy atom. The highest BCUT2D eigenvalue weighted by Gasteiger charge is 2.34. The largest absolute Gasteiger partial charge is 0.460 e. The smallest absolute Gasteiger partial charge is 0.412 e. The monoisotopic (exact) mass is 417 g/mol. The first-order valence-corrected chi connectivity index (χ1v) is 10.5. The standard InChI is InChI=1S/C25H30F3NO/c1-6-21-23(30-20-13-11-18(12-14-20)25(26,27)28)16-22(29(21)7-2)17-9-8-10-19(15-17)24(3,4)5/h8-11,13,15-16H,6-7,12,14H2,1-5H3. The Morgan fingerprint density at radius 2 is 1.73 bits per heavy atom. The van der Waals surface area contributed by atoms with Crippen molar-refractivity contribution in [3.63, 3.8) is 0 Å². The number of allylic oxidation sites excluding steroid dienone is 4. The molecule has 1 aromatic heterocycles. The van der Waals surface area contributed by atoms with Gasteiger partial charge in [0.15, 0.2) is 0 Å². The van der Waals surface area contributed by atoms with Crippen LogP contribution in [0.2, 0.25) is 0 Å². The summed E-state index contributed by atoms with van der Waals surface area (Å²) in [4.78, 5) is 0. The number of aromatic nitrogens is 1. The highest BCUT2D eigenvalue weighted by molar-refractivity contribution is 5.65. The second-order valence-corrected chi connectivity index (χ2v) is 8.69. The third kappa shape index (κ3) is 4.66. The first-order chi connectivity index (χ1) is 14.0. The van der Waals surface area contributed by atoms with E-state index in [9.17, 15) is 13.2 Å². The Kier molecular flexibility index (Phi) is 6.21. The Morgan fingerprint density at radius 1 is 1.00 bits per heavy atom. The van der Waals surface area contributed by atoms with Crippen LogP contribution in [0.5, 0.6) is 5.75 Å². The van der Waals surface area contributed by atoms with Crippen LogP contribution in [0, 0.1) is 0 Å². The number of ether oxygens (including phenoxy) is 1. The summed E-state index contributed by atoms with van der Waals surface area (Å²) in [5.74, 6) is 1.30. The first kappa shape index (κ1) is 22.3. The molecule has 0 radical (unpaired) electrons. The fraction of sp³-hybridized carbons (Fsp3) is 0.440. The molecule has 1 heterocycles. The van der Waals surface area contributed by atoms with Crippen LogP contribution < -0.4 is 4.74 Å². The molecule has 0 spiro atoms. The molecule has 0 amide bonds.